The van der Waals surface area contributed by atoms with Gasteiger partial charge in [-0.1, -0.05) is 29.8 Å². The number of amides is 1. The molecule has 1 N–H and O–H groups in total. The first kappa shape index (κ1) is 15.3. The zero-order valence-electron chi connectivity index (χ0n) is 12.4. The molecule has 1 amide bonds. The number of halogens is 2. The highest BCUT2D eigenvalue weighted by molar-refractivity contribution is 9.10. The second kappa shape index (κ2) is 5.52. The summed E-state index contributed by atoms with van der Waals surface area (Å²) in [5.74, 6) is -0.199. The summed E-state index contributed by atoms with van der Waals surface area (Å²) in [4.78, 5) is 17.0. The lowest BCUT2D eigenvalue weighted by atomic mass is 10.1. The van der Waals surface area contributed by atoms with Crippen molar-refractivity contribution in [3.8, 4) is 0 Å². The largest absolute Gasteiger partial charge is 0.320 e. The van der Waals surface area contributed by atoms with Gasteiger partial charge in [0, 0.05) is 10.0 Å². The van der Waals surface area contributed by atoms with Crippen LogP contribution in [0.3, 0.4) is 0 Å². The number of para-hydroxylation sites is 1. The number of nitrogens with zero attached hydrogens (tertiary/aromatic N) is 1. The number of aliphatic imine (C=N–C) groups is 1. The molecule has 5 heteroatoms. The standard InChI is InChI=1S/C17H14BrClN2O/c1-8-5-4-6-9(2)14(8)20-16-11-7-12(18)13(19)10(3)15(11)21-17(16)22/h4-7H,1-3H3,(H,20,21,22). The molecule has 0 saturated carbocycles. The Bertz CT molecular complexity index is 823. The summed E-state index contributed by atoms with van der Waals surface area (Å²) in [6.07, 6.45) is 0. The Morgan fingerprint density at radius 1 is 1.18 bits per heavy atom. The van der Waals surface area contributed by atoms with E-state index in [4.69, 9.17) is 11.6 Å². The number of aryl methyl sites for hydroxylation is 2. The predicted molar refractivity (Wildman–Crippen MR) is 94.6 cm³/mol. The Balaban J connectivity index is 2.24. The summed E-state index contributed by atoms with van der Waals surface area (Å²) in [7, 11) is 0. The minimum absolute atomic E-state index is 0.199. The van der Waals surface area contributed by atoms with Crippen molar-refractivity contribution < 1.29 is 4.79 Å². The van der Waals surface area contributed by atoms with Crippen molar-refractivity contribution in [2.75, 3.05) is 5.32 Å². The van der Waals surface area contributed by atoms with Gasteiger partial charge in [0.15, 0.2) is 0 Å². The highest BCUT2D eigenvalue weighted by Gasteiger charge is 2.29. The van der Waals surface area contributed by atoms with Gasteiger partial charge in [-0.05, 0) is 59.5 Å². The number of carbonyl (C=O) groups excluding carboxylic acids is 1. The molecule has 0 bridgehead atoms. The number of nitrogens with one attached hydrogen (secondary N) is 1. The van der Waals surface area contributed by atoms with Crippen LogP contribution in [0.25, 0.3) is 0 Å². The molecule has 0 aromatic heterocycles. The minimum Gasteiger partial charge on any atom is -0.320 e. The summed E-state index contributed by atoms with van der Waals surface area (Å²) in [6, 6.07) is 7.80. The number of fused-ring (bicyclic) bond motifs is 1. The van der Waals surface area contributed by atoms with E-state index in [0.29, 0.717) is 10.7 Å². The molecular formula is C17H14BrClN2O. The van der Waals surface area contributed by atoms with E-state index in [2.05, 4.69) is 26.2 Å². The third kappa shape index (κ3) is 2.36. The Morgan fingerprint density at radius 3 is 2.45 bits per heavy atom. The second-order valence-electron chi connectivity index (χ2n) is 5.37. The van der Waals surface area contributed by atoms with Crippen molar-refractivity contribution in [2.45, 2.75) is 20.8 Å². The van der Waals surface area contributed by atoms with Gasteiger partial charge in [0.2, 0.25) is 0 Å². The third-order valence-electron chi connectivity index (χ3n) is 3.83. The molecule has 1 aliphatic heterocycles. The maximum atomic E-state index is 12.3. The number of rotatable bonds is 1. The van der Waals surface area contributed by atoms with Crippen LogP contribution in [0, 0.1) is 20.8 Å². The third-order valence-corrected chi connectivity index (χ3v) is 5.17. The van der Waals surface area contributed by atoms with Gasteiger partial charge in [-0.2, -0.15) is 0 Å². The van der Waals surface area contributed by atoms with Gasteiger partial charge in [-0.15, -0.1) is 0 Å². The number of anilines is 1. The van der Waals surface area contributed by atoms with E-state index in [9.17, 15) is 4.79 Å². The molecule has 0 radical (unpaired) electrons. The van der Waals surface area contributed by atoms with E-state index in [0.717, 1.165) is 38.1 Å². The zero-order valence-corrected chi connectivity index (χ0v) is 14.8. The fourth-order valence-electron chi connectivity index (χ4n) is 2.60. The molecule has 0 aliphatic carbocycles. The van der Waals surface area contributed by atoms with Gasteiger partial charge < -0.3 is 5.32 Å². The zero-order chi connectivity index (χ0) is 16.0. The van der Waals surface area contributed by atoms with Crippen LogP contribution in [0.5, 0.6) is 0 Å². The van der Waals surface area contributed by atoms with Crippen molar-refractivity contribution in [3.63, 3.8) is 0 Å². The molecule has 112 valence electrons. The van der Waals surface area contributed by atoms with Crippen molar-refractivity contribution in [1.29, 1.82) is 0 Å². The van der Waals surface area contributed by atoms with E-state index in [1.807, 2.05) is 45.0 Å². The van der Waals surface area contributed by atoms with Crippen LogP contribution >= 0.6 is 27.5 Å². The molecule has 0 saturated heterocycles. The Hall–Kier alpha value is -1.65. The number of hydrogen-bond acceptors (Lipinski definition) is 2. The predicted octanol–water partition coefficient (Wildman–Crippen LogP) is 5.10. The van der Waals surface area contributed by atoms with E-state index >= 15 is 0 Å². The molecule has 22 heavy (non-hydrogen) atoms. The van der Waals surface area contributed by atoms with Gasteiger partial charge in [0.05, 0.1) is 16.4 Å². The minimum atomic E-state index is -0.199. The SMILES string of the molecule is Cc1cccc(C)c1N=C1C(=O)Nc2c1cc(Br)c(Cl)c2C. The topological polar surface area (TPSA) is 41.5 Å². The van der Waals surface area contributed by atoms with Gasteiger partial charge in [0.1, 0.15) is 5.71 Å². The molecule has 1 heterocycles. The van der Waals surface area contributed by atoms with Gasteiger partial charge >= 0.3 is 0 Å². The average Bonchev–Trinajstić information content (AvgIpc) is 2.77. The summed E-state index contributed by atoms with van der Waals surface area (Å²) in [5, 5.41) is 3.47. The average molecular weight is 378 g/mol. The number of hydrogen-bond donors (Lipinski definition) is 1. The van der Waals surface area contributed by atoms with Crippen LogP contribution in [-0.4, -0.2) is 11.6 Å². The van der Waals surface area contributed by atoms with Crippen LogP contribution in [-0.2, 0) is 4.79 Å². The molecule has 0 unspecified atom stereocenters. The summed E-state index contributed by atoms with van der Waals surface area (Å²) < 4.78 is 0.760. The van der Waals surface area contributed by atoms with E-state index in [1.54, 1.807) is 0 Å². The Morgan fingerprint density at radius 2 is 1.82 bits per heavy atom. The van der Waals surface area contributed by atoms with Crippen LogP contribution in [0.2, 0.25) is 5.02 Å². The van der Waals surface area contributed by atoms with Gasteiger partial charge in [-0.3, -0.25) is 4.79 Å². The van der Waals surface area contributed by atoms with Gasteiger partial charge in [-0.25, -0.2) is 4.99 Å². The lowest BCUT2D eigenvalue weighted by Crippen LogP contribution is -2.14. The van der Waals surface area contributed by atoms with Crippen molar-refractivity contribution >= 4 is 50.5 Å². The van der Waals surface area contributed by atoms with E-state index in [1.165, 1.54) is 0 Å². The highest BCUT2D eigenvalue weighted by atomic mass is 79.9. The molecule has 3 rings (SSSR count). The maximum Gasteiger partial charge on any atom is 0.275 e. The van der Waals surface area contributed by atoms with Crippen molar-refractivity contribution in [2.24, 2.45) is 4.99 Å². The van der Waals surface area contributed by atoms with Crippen molar-refractivity contribution in [1.82, 2.24) is 0 Å². The monoisotopic (exact) mass is 376 g/mol. The van der Waals surface area contributed by atoms with E-state index in [-0.39, 0.29) is 5.91 Å². The molecule has 2 aromatic carbocycles. The molecule has 3 nitrogen and oxygen atoms in total. The lowest BCUT2D eigenvalue weighted by Gasteiger charge is -2.08. The van der Waals surface area contributed by atoms with E-state index < -0.39 is 0 Å². The summed E-state index contributed by atoms with van der Waals surface area (Å²) in [6.45, 7) is 5.86. The Labute approximate surface area is 142 Å². The van der Waals surface area contributed by atoms with Crippen molar-refractivity contribution in [3.05, 3.63) is 56.0 Å². The Kier molecular flexibility index (Phi) is 3.83. The molecule has 0 atom stereocenters. The maximum absolute atomic E-state index is 12.3. The summed E-state index contributed by atoms with van der Waals surface area (Å²) in [5.41, 5.74) is 5.70. The molecular weight excluding hydrogens is 364 g/mol. The smallest absolute Gasteiger partial charge is 0.275 e. The number of benzene rings is 2. The fraction of sp³-hybridized carbons (Fsp3) is 0.176. The number of carbonyl (C=O) groups is 1. The van der Waals surface area contributed by atoms with Crippen LogP contribution < -0.4 is 5.32 Å². The lowest BCUT2D eigenvalue weighted by molar-refractivity contribution is -0.110. The molecule has 1 aliphatic rings. The fourth-order valence-corrected chi connectivity index (χ4v) is 3.28. The second-order valence-corrected chi connectivity index (χ2v) is 6.61. The van der Waals surface area contributed by atoms with Crippen LogP contribution in [0.4, 0.5) is 11.4 Å². The van der Waals surface area contributed by atoms with Gasteiger partial charge in [0.25, 0.3) is 5.91 Å². The molecule has 0 spiro atoms. The van der Waals surface area contributed by atoms with Crippen LogP contribution in [0.1, 0.15) is 22.3 Å². The first-order valence-corrected chi connectivity index (χ1v) is 8.02. The highest BCUT2D eigenvalue weighted by Crippen LogP contribution is 2.38. The normalized spacial score (nSPS) is 15.1. The quantitative estimate of drug-likeness (QED) is 0.738. The van der Waals surface area contributed by atoms with Crippen LogP contribution in [0.15, 0.2) is 33.7 Å². The first-order chi connectivity index (χ1) is 10.4. The summed E-state index contributed by atoms with van der Waals surface area (Å²) >= 11 is 9.66. The molecule has 2 aromatic rings. The first-order valence-electron chi connectivity index (χ1n) is 6.85. The molecule has 0 fully saturated rings.